The number of hydrogen-bond donors (Lipinski definition) is 2. The van der Waals surface area contributed by atoms with E-state index in [9.17, 15) is 17.6 Å². The smallest absolute Gasteiger partial charge is 0.262 e. The SMILES string of the molecule is CCc1cccc(C)c1NC(=O)c1cccc(S(=O)(=O)Nc2ccccc2F)c1. The highest BCUT2D eigenvalue weighted by Gasteiger charge is 2.18. The Bertz CT molecular complexity index is 1160. The summed E-state index contributed by atoms with van der Waals surface area (Å²) in [5.74, 6) is -1.10. The number of halogens is 1. The molecule has 2 N–H and O–H groups in total. The average molecular weight is 412 g/mol. The second kappa shape index (κ2) is 8.45. The molecule has 0 heterocycles. The number of para-hydroxylation sites is 2. The third kappa shape index (κ3) is 4.63. The van der Waals surface area contributed by atoms with E-state index in [0.717, 1.165) is 29.3 Å². The van der Waals surface area contributed by atoms with Crippen LogP contribution in [0.1, 0.15) is 28.4 Å². The van der Waals surface area contributed by atoms with Gasteiger partial charge >= 0.3 is 0 Å². The van der Waals surface area contributed by atoms with Crippen molar-refractivity contribution in [2.24, 2.45) is 0 Å². The highest BCUT2D eigenvalue weighted by molar-refractivity contribution is 7.92. The first kappa shape index (κ1) is 20.5. The monoisotopic (exact) mass is 412 g/mol. The van der Waals surface area contributed by atoms with E-state index in [2.05, 4.69) is 10.0 Å². The van der Waals surface area contributed by atoms with Crippen LogP contribution in [0.5, 0.6) is 0 Å². The third-order valence-electron chi connectivity index (χ3n) is 4.50. The number of benzene rings is 3. The molecular formula is C22H21FN2O3S. The van der Waals surface area contributed by atoms with Crippen LogP contribution in [0.2, 0.25) is 0 Å². The molecule has 0 saturated carbocycles. The van der Waals surface area contributed by atoms with Crippen LogP contribution in [0, 0.1) is 12.7 Å². The van der Waals surface area contributed by atoms with Crippen molar-refractivity contribution in [1.82, 2.24) is 0 Å². The Morgan fingerprint density at radius 1 is 1.00 bits per heavy atom. The summed E-state index contributed by atoms with van der Waals surface area (Å²) >= 11 is 0. The van der Waals surface area contributed by atoms with Gasteiger partial charge in [-0.15, -0.1) is 0 Å². The molecule has 0 spiro atoms. The number of carbonyl (C=O) groups excluding carboxylic acids is 1. The Balaban J connectivity index is 1.88. The fourth-order valence-electron chi connectivity index (χ4n) is 2.94. The Hall–Kier alpha value is -3.19. The molecule has 0 saturated heterocycles. The number of sulfonamides is 1. The number of nitrogens with one attached hydrogen (secondary N) is 2. The Morgan fingerprint density at radius 3 is 2.45 bits per heavy atom. The standard InChI is InChI=1S/C22H21FN2O3S/c1-3-16-9-6-8-15(2)21(16)24-22(26)17-10-7-11-18(14-17)29(27,28)25-20-13-5-4-12-19(20)23/h4-14,25H,3H2,1-2H3,(H,24,26). The van der Waals surface area contributed by atoms with Gasteiger partial charge in [0, 0.05) is 11.3 Å². The van der Waals surface area contributed by atoms with E-state index >= 15 is 0 Å². The molecule has 0 aliphatic rings. The second-order valence-electron chi connectivity index (χ2n) is 6.53. The molecule has 0 fully saturated rings. The lowest BCUT2D eigenvalue weighted by atomic mass is 10.1. The minimum Gasteiger partial charge on any atom is -0.321 e. The van der Waals surface area contributed by atoms with Crippen LogP contribution < -0.4 is 10.0 Å². The van der Waals surface area contributed by atoms with Crippen molar-refractivity contribution in [2.45, 2.75) is 25.2 Å². The van der Waals surface area contributed by atoms with Crippen LogP contribution in [0.15, 0.2) is 71.6 Å². The predicted octanol–water partition coefficient (Wildman–Crippen LogP) is 4.75. The maximum Gasteiger partial charge on any atom is 0.262 e. The van der Waals surface area contributed by atoms with Gasteiger partial charge in [0.25, 0.3) is 15.9 Å². The van der Waals surface area contributed by atoms with E-state index in [0.29, 0.717) is 0 Å². The first-order chi connectivity index (χ1) is 13.8. The largest absolute Gasteiger partial charge is 0.321 e. The molecule has 29 heavy (non-hydrogen) atoms. The topological polar surface area (TPSA) is 75.3 Å². The molecule has 3 aromatic rings. The third-order valence-corrected chi connectivity index (χ3v) is 5.87. The summed E-state index contributed by atoms with van der Waals surface area (Å²) in [4.78, 5) is 12.6. The summed E-state index contributed by atoms with van der Waals surface area (Å²) in [5.41, 5.74) is 2.66. The molecule has 0 aromatic heterocycles. The van der Waals surface area contributed by atoms with E-state index in [1.807, 2.05) is 32.0 Å². The number of carbonyl (C=O) groups is 1. The van der Waals surface area contributed by atoms with Crippen molar-refractivity contribution in [3.8, 4) is 0 Å². The summed E-state index contributed by atoms with van der Waals surface area (Å²) in [7, 11) is -4.06. The molecular weight excluding hydrogens is 391 g/mol. The molecule has 1 amide bonds. The fourth-order valence-corrected chi connectivity index (χ4v) is 4.05. The number of anilines is 2. The van der Waals surface area contributed by atoms with Gasteiger partial charge in [0.05, 0.1) is 10.6 Å². The molecule has 0 bridgehead atoms. The van der Waals surface area contributed by atoms with Crippen molar-refractivity contribution >= 4 is 27.3 Å². The predicted molar refractivity (Wildman–Crippen MR) is 112 cm³/mol. The highest BCUT2D eigenvalue weighted by atomic mass is 32.2. The normalized spacial score (nSPS) is 11.1. The quantitative estimate of drug-likeness (QED) is 0.614. The molecule has 0 unspecified atom stereocenters. The van der Waals surface area contributed by atoms with Crippen LogP contribution >= 0.6 is 0 Å². The van der Waals surface area contributed by atoms with Gasteiger partial charge in [-0.25, -0.2) is 12.8 Å². The lowest BCUT2D eigenvalue weighted by Crippen LogP contribution is -2.17. The van der Waals surface area contributed by atoms with E-state index in [4.69, 9.17) is 0 Å². The van der Waals surface area contributed by atoms with Crippen LogP contribution in [-0.4, -0.2) is 14.3 Å². The van der Waals surface area contributed by atoms with Crippen LogP contribution in [0.4, 0.5) is 15.8 Å². The van der Waals surface area contributed by atoms with Crippen LogP contribution in [0.25, 0.3) is 0 Å². The molecule has 0 radical (unpaired) electrons. The maximum atomic E-state index is 13.8. The minimum absolute atomic E-state index is 0.131. The number of amides is 1. The van der Waals surface area contributed by atoms with Gasteiger partial charge in [-0.05, 0) is 54.8 Å². The molecule has 150 valence electrons. The molecule has 3 aromatic carbocycles. The van der Waals surface area contributed by atoms with Crippen LogP contribution in [-0.2, 0) is 16.4 Å². The van der Waals surface area contributed by atoms with Gasteiger partial charge in [0.2, 0.25) is 0 Å². The van der Waals surface area contributed by atoms with Crippen molar-refractivity contribution in [2.75, 3.05) is 10.0 Å². The van der Waals surface area contributed by atoms with E-state index in [-0.39, 0.29) is 16.1 Å². The molecule has 7 heteroatoms. The zero-order valence-corrected chi connectivity index (χ0v) is 16.9. The summed E-state index contributed by atoms with van der Waals surface area (Å²) < 4.78 is 41.3. The summed E-state index contributed by atoms with van der Waals surface area (Å²) in [5, 5.41) is 2.87. The van der Waals surface area contributed by atoms with Crippen molar-refractivity contribution < 1.29 is 17.6 Å². The average Bonchev–Trinajstić information content (AvgIpc) is 2.71. The zero-order chi connectivity index (χ0) is 21.0. The van der Waals surface area contributed by atoms with Crippen LogP contribution in [0.3, 0.4) is 0 Å². The Morgan fingerprint density at radius 2 is 1.72 bits per heavy atom. The first-order valence-corrected chi connectivity index (χ1v) is 10.6. The Kier molecular flexibility index (Phi) is 5.98. The summed E-state index contributed by atoms with van der Waals surface area (Å²) in [6.45, 7) is 3.89. The second-order valence-corrected chi connectivity index (χ2v) is 8.21. The van der Waals surface area contributed by atoms with Gasteiger partial charge in [0.15, 0.2) is 0 Å². The zero-order valence-electron chi connectivity index (χ0n) is 16.1. The van der Waals surface area contributed by atoms with Gasteiger partial charge in [-0.2, -0.15) is 0 Å². The minimum atomic E-state index is -4.06. The van der Waals surface area contributed by atoms with Crippen molar-refractivity contribution in [3.05, 3.63) is 89.2 Å². The molecule has 5 nitrogen and oxygen atoms in total. The molecule has 0 aliphatic heterocycles. The fraction of sp³-hybridized carbons (Fsp3) is 0.136. The van der Waals surface area contributed by atoms with E-state index < -0.39 is 21.7 Å². The van der Waals surface area contributed by atoms with Crippen molar-refractivity contribution in [1.29, 1.82) is 0 Å². The van der Waals surface area contributed by atoms with Crippen molar-refractivity contribution in [3.63, 3.8) is 0 Å². The van der Waals surface area contributed by atoms with Gasteiger partial charge < -0.3 is 5.32 Å². The number of aryl methyl sites for hydroxylation is 2. The summed E-state index contributed by atoms with van der Waals surface area (Å²) in [6.07, 6.45) is 0.748. The van der Waals surface area contributed by atoms with Gasteiger partial charge in [-0.3, -0.25) is 9.52 Å². The molecule has 3 rings (SSSR count). The first-order valence-electron chi connectivity index (χ1n) is 9.09. The number of rotatable bonds is 6. The lowest BCUT2D eigenvalue weighted by molar-refractivity contribution is 0.102. The highest BCUT2D eigenvalue weighted by Crippen LogP contribution is 2.23. The van der Waals surface area contributed by atoms with E-state index in [1.54, 1.807) is 0 Å². The number of hydrogen-bond acceptors (Lipinski definition) is 3. The Labute approximate surface area is 169 Å². The summed E-state index contributed by atoms with van der Waals surface area (Å²) in [6, 6.07) is 16.9. The molecule has 0 atom stereocenters. The maximum absolute atomic E-state index is 13.8. The lowest BCUT2D eigenvalue weighted by Gasteiger charge is -2.14. The molecule has 0 aliphatic carbocycles. The van der Waals surface area contributed by atoms with Gasteiger partial charge in [-0.1, -0.05) is 43.3 Å². The van der Waals surface area contributed by atoms with Gasteiger partial charge in [0.1, 0.15) is 5.82 Å². The van der Waals surface area contributed by atoms with E-state index in [1.165, 1.54) is 42.5 Å².